The molecule has 114 valence electrons. The standard InChI is InChI=1S/C18H18ClNOS/c1-3-16(19)17(22-15-7-5-4-6-8-15)18(21)20-14-11-9-13(2)10-12-14/h4-12H,3H2,1-2H3,(H,20,21)/b17-16-. The molecule has 1 N–H and O–H groups in total. The van der Waals surface area contributed by atoms with Crippen molar-refractivity contribution in [2.45, 2.75) is 25.2 Å². The summed E-state index contributed by atoms with van der Waals surface area (Å²) >= 11 is 7.65. The minimum atomic E-state index is -0.176. The summed E-state index contributed by atoms with van der Waals surface area (Å²) in [4.78, 5) is 14.1. The molecule has 0 saturated carbocycles. The molecular formula is C18H18ClNOS. The smallest absolute Gasteiger partial charge is 0.263 e. The lowest BCUT2D eigenvalue weighted by atomic mass is 10.2. The third kappa shape index (κ3) is 4.65. The topological polar surface area (TPSA) is 29.1 Å². The maximum atomic E-state index is 12.5. The maximum absolute atomic E-state index is 12.5. The highest BCUT2D eigenvalue weighted by atomic mass is 35.5. The summed E-state index contributed by atoms with van der Waals surface area (Å²) in [5, 5.41) is 3.47. The van der Waals surface area contributed by atoms with Gasteiger partial charge in [-0.25, -0.2) is 0 Å². The van der Waals surface area contributed by atoms with Gasteiger partial charge in [-0.1, -0.05) is 66.2 Å². The minimum Gasteiger partial charge on any atom is -0.322 e. The van der Waals surface area contributed by atoms with Crippen LogP contribution in [-0.2, 0) is 4.79 Å². The molecule has 0 aliphatic heterocycles. The lowest BCUT2D eigenvalue weighted by Gasteiger charge is -2.11. The fourth-order valence-corrected chi connectivity index (χ4v) is 2.95. The van der Waals surface area contributed by atoms with E-state index in [9.17, 15) is 4.79 Å². The van der Waals surface area contributed by atoms with E-state index in [1.165, 1.54) is 11.8 Å². The molecule has 2 rings (SSSR count). The first-order valence-corrected chi connectivity index (χ1v) is 8.29. The van der Waals surface area contributed by atoms with Crippen molar-refractivity contribution in [3.05, 3.63) is 70.1 Å². The zero-order valence-electron chi connectivity index (χ0n) is 12.6. The molecule has 1 amide bonds. The van der Waals surface area contributed by atoms with E-state index in [0.717, 1.165) is 16.1 Å². The summed E-state index contributed by atoms with van der Waals surface area (Å²) in [5.74, 6) is -0.176. The molecule has 22 heavy (non-hydrogen) atoms. The van der Waals surface area contributed by atoms with E-state index >= 15 is 0 Å². The summed E-state index contributed by atoms with van der Waals surface area (Å²) in [6.07, 6.45) is 0.623. The first-order valence-electron chi connectivity index (χ1n) is 7.09. The van der Waals surface area contributed by atoms with Crippen LogP contribution in [0.2, 0.25) is 0 Å². The number of hydrogen-bond donors (Lipinski definition) is 1. The number of nitrogens with one attached hydrogen (secondary N) is 1. The number of anilines is 1. The Morgan fingerprint density at radius 3 is 2.32 bits per heavy atom. The second-order valence-electron chi connectivity index (χ2n) is 4.82. The lowest BCUT2D eigenvalue weighted by molar-refractivity contribution is -0.112. The van der Waals surface area contributed by atoms with E-state index in [0.29, 0.717) is 16.4 Å². The number of rotatable bonds is 5. The fraction of sp³-hybridized carbons (Fsp3) is 0.167. The van der Waals surface area contributed by atoms with Gasteiger partial charge < -0.3 is 5.32 Å². The SMILES string of the molecule is CC/C(Cl)=C(/Sc1ccccc1)C(=O)Nc1ccc(C)cc1. The largest absolute Gasteiger partial charge is 0.322 e. The second kappa shape index (κ2) is 8.06. The van der Waals surface area contributed by atoms with Crippen molar-refractivity contribution in [2.24, 2.45) is 0 Å². The highest BCUT2D eigenvalue weighted by Gasteiger charge is 2.15. The highest BCUT2D eigenvalue weighted by Crippen LogP contribution is 2.32. The van der Waals surface area contributed by atoms with Crippen molar-refractivity contribution in [1.82, 2.24) is 0 Å². The number of hydrogen-bond acceptors (Lipinski definition) is 2. The first kappa shape index (κ1) is 16.7. The Bertz CT molecular complexity index is 665. The molecule has 0 fully saturated rings. The van der Waals surface area contributed by atoms with E-state index < -0.39 is 0 Å². The Morgan fingerprint density at radius 2 is 1.73 bits per heavy atom. The number of benzene rings is 2. The molecule has 4 heteroatoms. The van der Waals surface area contributed by atoms with Gasteiger partial charge in [0.05, 0.1) is 4.91 Å². The molecule has 0 heterocycles. The Kier molecular flexibility index (Phi) is 6.10. The van der Waals surface area contributed by atoms with Gasteiger partial charge in [-0.05, 0) is 37.6 Å². The number of thioether (sulfide) groups is 1. The van der Waals surface area contributed by atoms with Gasteiger partial charge in [0.25, 0.3) is 5.91 Å². The summed E-state index contributed by atoms with van der Waals surface area (Å²) in [6, 6.07) is 17.5. The predicted octanol–water partition coefficient (Wildman–Crippen LogP) is 5.59. The lowest BCUT2D eigenvalue weighted by Crippen LogP contribution is -2.13. The molecule has 0 aliphatic rings. The van der Waals surface area contributed by atoms with Crippen LogP contribution in [0.4, 0.5) is 5.69 Å². The number of halogens is 1. The number of aryl methyl sites for hydroxylation is 1. The molecule has 2 aromatic rings. The van der Waals surface area contributed by atoms with Gasteiger partial charge in [-0.15, -0.1) is 0 Å². The van der Waals surface area contributed by atoms with Crippen LogP contribution >= 0.6 is 23.4 Å². The molecule has 0 unspecified atom stereocenters. The van der Waals surface area contributed by atoms with Crippen LogP contribution < -0.4 is 5.32 Å². The minimum absolute atomic E-state index is 0.176. The third-order valence-electron chi connectivity index (χ3n) is 3.04. The normalized spacial score (nSPS) is 11.8. The Balaban J connectivity index is 2.19. The molecule has 0 saturated heterocycles. The van der Waals surface area contributed by atoms with Crippen molar-refractivity contribution < 1.29 is 4.79 Å². The van der Waals surface area contributed by atoms with Crippen LogP contribution in [0.1, 0.15) is 18.9 Å². The van der Waals surface area contributed by atoms with Crippen LogP contribution in [0.25, 0.3) is 0 Å². The number of amides is 1. The number of carbonyl (C=O) groups is 1. The Morgan fingerprint density at radius 1 is 1.09 bits per heavy atom. The second-order valence-corrected chi connectivity index (χ2v) is 6.36. The average Bonchev–Trinajstić information content (AvgIpc) is 2.55. The van der Waals surface area contributed by atoms with Crippen molar-refractivity contribution in [2.75, 3.05) is 5.32 Å². The van der Waals surface area contributed by atoms with E-state index in [-0.39, 0.29) is 5.91 Å². The summed E-state index contributed by atoms with van der Waals surface area (Å²) < 4.78 is 0. The van der Waals surface area contributed by atoms with Crippen LogP contribution in [-0.4, -0.2) is 5.91 Å². The van der Waals surface area contributed by atoms with Crippen LogP contribution in [0.3, 0.4) is 0 Å². The van der Waals surface area contributed by atoms with Crippen molar-refractivity contribution in [3.8, 4) is 0 Å². The van der Waals surface area contributed by atoms with Gasteiger partial charge in [-0.2, -0.15) is 0 Å². The Labute approximate surface area is 140 Å². The molecule has 0 radical (unpaired) electrons. The van der Waals surface area contributed by atoms with Crippen LogP contribution in [0, 0.1) is 6.92 Å². The van der Waals surface area contributed by atoms with Gasteiger partial charge in [0, 0.05) is 15.6 Å². The molecule has 0 aliphatic carbocycles. The molecule has 0 atom stereocenters. The summed E-state index contributed by atoms with van der Waals surface area (Å²) in [7, 11) is 0. The van der Waals surface area contributed by atoms with Gasteiger partial charge >= 0.3 is 0 Å². The van der Waals surface area contributed by atoms with E-state index in [4.69, 9.17) is 11.6 Å². The molecular weight excluding hydrogens is 314 g/mol. The van der Waals surface area contributed by atoms with Crippen LogP contribution in [0.15, 0.2) is 69.4 Å². The van der Waals surface area contributed by atoms with Gasteiger partial charge in [-0.3, -0.25) is 4.79 Å². The van der Waals surface area contributed by atoms with Crippen molar-refractivity contribution >= 4 is 35.0 Å². The van der Waals surface area contributed by atoms with Crippen molar-refractivity contribution in [1.29, 1.82) is 0 Å². The number of carbonyl (C=O) groups excluding carboxylic acids is 1. The Hall–Kier alpha value is -1.71. The molecule has 0 spiro atoms. The van der Waals surface area contributed by atoms with Crippen molar-refractivity contribution in [3.63, 3.8) is 0 Å². The van der Waals surface area contributed by atoms with Gasteiger partial charge in [0.1, 0.15) is 0 Å². The van der Waals surface area contributed by atoms with E-state index in [2.05, 4.69) is 5.32 Å². The first-order chi connectivity index (χ1) is 10.6. The zero-order valence-corrected chi connectivity index (χ0v) is 14.2. The highest BCUT2D eigenvalue weighted by molar-refractivity contribution is 8.04. The number of allylic oxidation sites excluding steroid dienone is 1. The van der Waals surface area contributed by atoms with E-state index in [1.807, 2.05) is 68.4 Å². The average molecular weight is 332 g/mol. The maximum Gasteiger partial charge on any atom is 0.263 e. The van der Waals surface area contributed by atoms with Gasteiger partial charge in [0.2, 0.25) is 0 Å². The van der Waals surface area contributed by atoms with Gasteiger partial charge in [0.15, 0.2) is 0 Å². The third-order valence-corrected chi connectivity index (χ3v) is 4.75. The molecule has 0 aromatic heterocycles. The molecule has 0 bridgehead atoms. The molecule has 2 nitrogen and oxygen atoms in total. The predicted molar refractivity (Wildman–Crippen MR) is 95.3 cm³/mol. The van der Waals surface area contributed by atoms with Crippen LogP contribution in [0.5, 0.6) is 0 Å². The quantitative estimate of drug-likeness (QED) is 0.572. The van der Waals surface area contributed by atoms with E-state index in [1.54, 1.807) is 0 Å². The monoisotopic (exact) mass is 331 g/mol. The fourth-order valence-electron chi connectivity index (χ4n) is 1.82. The summed E-state index contributed by atoms with van der Waals surface area (Å²) in [6.45, 7) is 3.95. The zero-order chi connectivity index (χ0) is 15.9. The summed E-state index contributed by atoms with van der Waals surface area (Å²) in [5.41, 5.74) is 1.92. The molecule has 2 aromatic carbocycles.